The molecule has 1 heterocycles. The van der Waals surface area contributed by atoms with Crippen molar-refractivity contribution >= 4 is 5.82 Å². The van der Waals surface area contributed by atoms with E-state index in [9.17, 15) is 0 Å². The molecule has 0 fully saturated rings. The normalized spacial score (nSPS) is 11.1. The van der Waals surface area contributed by atoms with Crippen LogP contribution in [0.15, 0.2) is 6.07 Å². The number of rotatable bonds is 6. The summed E-state index contributed by atoms with van der Waals surface area (Å²) < 4.78 is 0. The fourth-order valence-corrected chi connectivity index (χ4v) is 2.13. The molecule has 0 atom stereocenters. The van der Waals surface area contributed by atoms with Gasteiger partial charge in [-0.3, -0.25) is 0 Å². The Kier molecular flexibility index (Phi) is 5.60. The highest BCUT2D eigenvalue weighted by atomic mass is 15.2. The van der Waals surface area contributed by atoms with Gasteiger partial charge in [0.05, 0.1) is 0 Å². The van der Waals surface area contributed by atoms with E-state index in [1.807, 2.05) is 0 Å². The first-order valence-corrected chi connectivity index (χ1v) is 6.87. The van der Waals surface area contributed by atoms with Gasteiger partial charge in [-0.2, -0.15) is 0 Å². The molecule has 1 aromatic rings. The van der Waals surface area contributed by atoms with Crippen LogP contribution in [0, 0.1) is 13.8 Å². The quantitative estimate of drug-likeness (QED) is 0.840. The predicted octanol–water partition coefficient (Wildman–Crippen LogP) is 3.04. The fourth-order valence-electron chi connectivity index (χ4n) is 2.13. The zero-order chi connectivity index (χ0) is 13.7. The minimum atomic E-state index is 0.495. The molecule has 0 saturated carbocycles. The van der Waals surface area contributed by atoms with Crippen LogP contribution in [0.4, 0.5) is 5.82 Å². The van der Waals surface area contributed by atoms with Crippen molar-refractivity contribution in [1.29, 1.82) is 0 Å². The van der Waals surface area contributed by atoms with E-state index < -0.39 is 0 Å². The lowest BCUT2D eigenvalue weighted by Crippen LogP contribution is -2.26. The van der Waals surface area contributed by atoms with Gasteiger partial charge in [-0.05, 0) is 31.9 Å². The molecule has 0 saturated heterocycles. The lowest BCUT2D eigenvalue weighted by Gasteiger charge is -2.23. The average molecular weight is 249 g/mol. The van der Waals surface area contributed by atoms with Crippen molar-refractivity contribution in [3.05, 3.63) is 22.9 Å². The van der Waals surface area contributed by atoms with E-state index in [0.29, 0.717) is 6.04 Å². The maximum atomic E-state index is 4.72. The highest BCUT2D eigenvalue weighted by Gasteiger charge is 2.12. The Labute approximate surface area is 112 Å². The van der Waals surface area contributed by atoms with Crippen molar-refractivity contribution in [1.82, 2.24) is 10.3 Å². The van der Waals surface area contributed by atoms with Crippen LogP contribution in [0.2, 0.25) is 0 Å². The monoisotopic (exact) mass is 249 g/mol. The van der Waals surface area contributed by atoms with Crippen LogP contribution >= 0.6 is 0 Å². The molecule has 18 heavy (non-hydrogen) atoms. The number of aromatic nitrogens is 1. The molecule has 0 aromatic carbocycles. The van der Waals surface area contributed by atoms with E-state index in [4.69, 9.17) is 4.98 Å². The van der Waals surface area contributed by atoms with Gasteiger partial charge in [0.2, 0.25) is 0 Å². The largest absolute Gasteiger partial charge is 0.359 e. The second-order valence-electron chi connectivity index (χ2n) is 5.34. The first kappa shape index (κ1) is 15.0. The van der Waals surface area contributed by atoms with Gasteiger partial charge in [0, 0.05) is 37.4 Å². The van der Waals surface area contributed by atoms with Gasteiger partial charge in [-0.1, -0.05) is 20.8 Å². The Balaban J connectivity index is 3.04. The molecule has 3 nitrogen and oxygen atoms in total. The lowest BCUT2D eigenvalue weighted by molar-refractivity contribution is 0.585. The van der Waals surface area contributed by atoms with E-state index >= 15 is 0 Å². The molecule has 0 aliphatic rings. The van der Waals surface area contributed by atoms with Crippen LogP contribution in [-0.2, 0) is 6.54 Å². The van der Waals surface area contributed by atoms with Crippen molar-refractivity contribution in [2.75, 3.05) is 18.5 Å². The fraction of sp³-hybridized carbons (Fsp3) is 0.667. The van der Waals surface area contributed by atoms with Crippen LogP contribution in [0.1, 0.15) is 44.0 Å². The molecular formula is C15H27N3. The lowest BCUT2D eigenvalue weighted by atomic mass is 10.1. The van der Waals surface area contributed by atoms with Gasteiger partial charge in [-0.25, -0.2) is 4.98 Å². The smallest absolute Gasteiger partial charge is 0.133 e. The van der Waals surface area contributed by atoms with E-state index in [0.717, 1.165) is 31.0 Å². The Morgan fingerprint density at radius 1 is 1.33 bits per heavy atom. The second-order valence-corrected chi connectivity index (χ2v) is 5.34. The SMILES string of the molecule is CCCN(C)c1nc(C)cc(C)c1CNC(C)C. The van der Waals surface area contributed by atoms with Crippen LogP contribution in [0.25, 0.3) is 0 Å². The van der Waals surface area contributed by atoms with Gasteiger partial charge in [0.25, 0.3) is 0 Å². The minimum absolute atomic E-state index is 0.495. The van der Waals surface area contributed by atoms with E-state index in [2.05, 4.69) is 57.9 Å². The van der Waals surface area contributed by atoms with Crippen LogP contribution in [-0.4, -0.2) is 24.6 Å². The number of nitrogens with one attached hydrogen (secondary N) is 1. The third kappa shape index (κ3) is 3.98. The van der Waals surface area contributed by atoms with Crippen molar-refractivity contribution in [2.24, 2.45) is 0 Å². The van der Waals surface area contributed by atoms with Crippen LogP contribution < -0.4 is 10.2 Å². The average Bonchev–Trinajstić information content (AvgIpc) is 2.26. The first-order chi connectivity index (χ1) is 8.45. The van der Waals surface area contributed by atoms with Crippen molar-refractivity contribution in [3.63, 3.8) is 0 Å². The Bertz CT molecular complexity index is 386. The molecule has 0 spiro atoms. The van der Waals surface area contributed by atoms with Crippen LogP contribution in [0.3, 0.4) is 0 Å². The topological polar surface area (TPSA) is 28.2 Å². The molecule has 102 valence electrons. The summed E-state index contributed by atoms with van der Waals surface area (Å²) in [4.78, 5) is 6.98. The zero-order valence-electron chi connectivity index (χ0n) is 12.7. The van der Waals surface area contributed by atoms with Crippen molar-refractivity contribution in [2.45, 2.75) is 53.6 Å². The third-order valence-corrected chi connectivity index (χ3v) is 3.06. The second kappa shape index (κ2) is 6.74. The summed E-state index contributed by atoms with van der Waals surface area (Å²) in [6, 6.07) is 2.66. The maximum Gasteiger partial charge on any atom is 0.133 e. The van der Waals surface area contributed by atoms with E-state index in [1.54, 1.807) is 0 Å². The van der Waals surface area contributed by atoms with Gasteiger partial charge in [0.15, 0.2) is 0 Å². The number of hydrogen-bond acceptors (Lipinski definition) is 3. The summed E-state index contributed by atoms with van der Waals surface area (Å²) in [5.41, 5.74) is 3.75. The number of pyridine rings is 1. The molecule has 0 aliphatic heterocycles. The standard InChI is InChI=1S/C15H27N3/c1-7-8-18(6)15-14(10-16-11(2)3)12(4)9-13(5)17-15/h9,11,16H,7-8,10H2,1-6H3. The number of nitrogens with zero attached hydrogens (tertiary/aromatic N) is 2. The molecular weight excluding hydrogens is 222 g/mol. The van der Waals surface area contributed by atoms with Crippen molar-refractivity contribution < 1.29 is 0 Å². The Hall–Kier alpha value is -1.09. The van der Waals surface area contributed by atoms with Crippen molar-refractivity contribution in [3.8, 4) is 0 Å². The predicted molar refractivity (Wildman–Crippen MR) is 79.2 cm³/mol. The van der Waals surface area contributed by atoms with Gasteiger partial charge < -0.3 is 10.2 Å². The van der Waals surface area contributed by atoms with Gasteiger partial charge >= 0.3 is 0 Å². The molecule has 0 radical (unpaired) electrons. The third-order valence-electron chi connectivity index (χ3n) is 3.06. The molecule has 1 aromatic heterocycles. The molecule has 0 aliphatic carbocycles. The highest BCUT2D eigenvalue weighted by molar-refractivity contribution is 5.51. The maximum absolute atomic E-state index is 4.72. The first-order valence-electron chi connectivity index (χ1n) is 6.87. The summed E-state index contributed by atoms with van der Waals surface area (Å²) >= 11 is 0. The number of anilines is 1. The molecule has 0 bridgehead atoms. The molecule has 1 N–H and O–H groups in total. The summed E-state index contributed by atoms with van der Waals surface area (Å²) in [5, 5.41) is 3.49. The minimum Gasteiger partial charge on any atom is -0.359 e. The summed E-state index contributed by atoms with van der Waals surface area (Å²) in [7, 11) is 2.13. The molecule has 3 heteroatoms. The van der Waals surface area contributed by atoms with E-state index in [-0.39, 0.29) is 0 Å². The summed E-state index contributed by atoms with van der Waals surface area (Å²) in [6.45, 7) is 12.7. The molecule has 0 amide bonds. The molecule has 1 rings (SSSR count). The summed E-state index contributed by atoms with van der Waals surface area (Å²) in [6.07, 6.45) is 1.14. The van der Waals surface area contributed by atoms with Gasteiger partial charge in [-0.15, -0.1) is 0 Å². The summed E-state index contributed by atoms with van der Waals surface area (Å²) in [5.74, 6) is 1.13. The Morgan fingerprint density at radius 3 is 2.56 bits per heavy atom. The Morgan fingerprint density at radius 2 is 2.00 bits per heavy atom. The van der Waals surface area contributed by atoms with E-state index in [1.165, 1.54) is 11.1 Å². The zero-order valence-corrected chi connectivity index (χ0v) is 12.7. The number of aryl methyl sites for hydroxylation is 2. The highest BCUT2D eigenvalue weighted by Crippen LogP contribution is 2.22. The number of hydrogen-bond donors (Lipinski definition) is 1. The van der Waals surface area contributed by atoms with Crippen LogP contribution in [0.5, 0.6) is 0 Å². The molecule has 0 unspecified atom stereocenters. The van der Waals surface area contributed by atoms with Gasteiger partial charge in [0.1, 0.15) is 5.82 Å².